The molecule has 0 radical (unpaired) electrons. The summed E-state index contributed by atoms with van der Waals surface area (Å²) in [6.45, 7) is 0.201. The maximum Gasteiger partial charge on any atom is 0.199 e. The Morgan fingerprint density at radius 2 is 1.59 bits per heavy atom. The maximum absolute atomic E-state index is 13.4. The van der Waals surface area contributed by atoms with Crippen molar-refractivity contribution in [2.75, 3.05) is 6.54 Å². The first-order chi connectivity index (χ1) is 7.57. The topological polar surface area (TPSA) is 41.8 Å². The van der Waals surface area contributed by atoms with Gasteiger partial charge in [0.05, 0.1) is 5.52 Å². The van der Waals surface area contributed by atoms with Crippen molar-refractivity contribution in [3.63, 3.8) is 0 Å². The highest BCUT2D eigenvalue weighted by Gasteiger charge is 2.23. The van der Waals surface area contributed by atoms with Crippen LogP contribution in [0, 0.1) is 23.3 Å². The molecule has 7 heteroatoms. The van der Waals surface area contributed by atoms with Crippen LogP contribution >= 0.6 is 12.4 Å². The van der Waals surface area contributed by atoms with Crippen LogP contribution in [0.25, 0.3) is 10.9 Å². The van der Waals surface area contributed by atoms with Crippen LogP contribution in [0.15, 0.2) is 6.20 Å². The van der Waals surface area contributed by atoms with E-state index in [9.17, 15) is 17.6 Å². The van der Waals surface area contributed by atoms with E-state index in [0.29, 0.717) is 5.56 Å². The number of halogens is 5. The summed E-state index contributed by atoms with van der Waals surface area (Å²) < 4.78 is 52.5. The van der Waals surface area contributed by atoms with E-state index >= 15 is 0 Å². The van der Waals surface area contributed by atoms with Gasteiger partial charge < -0.3 is 10.7 Å². The molecule has 94 valence electrons. The molecule has 0 saturated carbocycles. The molecule has 0 aliphatic heterocycles. The van der Waals surface area contributed by atoms with Crippen LogP contribution in [-0.2, 0) is 6.42 Å². The first kappa shape index (κ1) is 13.8. The van der Waals surface area contributed by atoms with E-state index in [2.05, 4.69) is 4.98 Å². The van der Waals surface area contributed by atoms with Crippen LogP contribution in [0.2, 0.25) is 0 Å². The van der Waals surface area contributed by atoms with Gasteiger partial charge in [0.2, 0.25) is 0 Å². The number of fused-ring (bicyclic) bond motifs is 1. The van der Waals surface area contributed by atoms with Crippen LogP contribution < -0.4 is 5.73 Å². The fraction of sp³-hybridized carbons (Fsp3) is 0.200. The normalized spacial score (nSPS) is 10.6. The lowest BCUT2D eigenvalue weighted by molar-refractivity contribution is 0.417. The van der Waals surface area contributed by atoms with Crippen molar-refractivity contribution < 1.29 is 17.6 Å². The summed E-state index contributed by atoms with van der Waals surface area (Å²) in [7, 11) is 0. The average Bonchev–Trinajstić information content (AvgIpc) is 2.68. The van der Waals surface area contributed by atoms with Crippen LogP contribution in [0.1, 0.15) is 5.56 Å². The van der Waals surface area contributed by atoms with Crippen LogP contribution in [0.4, 0.5) is 17.6 Å². The summed E-state index contributed by atoms with van der Waals surface area (Å²) in [6.07, 6.45) is 1.55. The summed E-state index contributed by atoms with van der Waals surface area (Å²) in [5.74, 6) is -6.43. The van der Waals surface area contributed by atoms with Crippen molar-refractivity contribution >= 4 is 23.3 Å². The lowest BCUT2D eigenvalue weighted by Crippen LogP contribution is -2.03. The molecule has 0 aliphatic rings. The van der Waals surface area contributed by atoms with Gasteiger partial charge in [-0.15, -0.1) is 12.4 Å². The highest BCUT2D eigenvalue weighted by molar-refractivity contribution is 5.85. The van der Waals surface area contributed by atoms with E-state index in [1.165, 1.54) is 6.20 Å². The average molecular weight is 269 g/mol. The van der Waals surface area contributed by atoms with Gasteiger partial charge in [0.1, 0.15) is 0 Å². The second-order valence-electron chi connectivity index (χ2n) is 3.36. The van der Waals surface area contributed by atoms with E-state index in [0.717, 1.165) is 0 Å². The Kier molecular flexibility index (Phi) is 4.00. The molecular weight excluding hydrogens is 260 g/mol. The largest absolute Gasteiger partial charge is 0.358 e. The van der Waals surface area contributed by atoms with E-state index in [1.807, 2.05) is 0 Å². The van der Waals surface area contributed by atoms with Gasteiger partial charge in [0.25, 0.3) is 0 Å². The molecule has 0 saturated heterocycles. The lowest BCUT2D eigenvalue weighted by atomic mass is 10.1. The number of hydrogen-bond acceptors (Lipinski definition) is 1. The summed E-state index contributed by atoms with van der Waals surface area (Å²) in [4.78, 5) is 2.37. The van der Waals surface area contributed by atoms with Gasteiger partial charge in [-0.05, 0) is 18.5 Å². The fourth-order valence-electron chi connectivity index (χ4n) is 1.65. The minimum atomic E-state index is -1.81. The second kappa shape index (κ2) is 4.93. The molecule has 0 fully saturated rings. The molecule has 0 atom stereocenters. The van der Waals surface area contributed by atoms with Gasteiger partial charge in [-0.1, -0.05) is 0 Å². The molecule has 3 N–H and O–H groups in total. The zero-order chi connectivity index (χ0) is 11.9. The Morgan fingerprint density at radius 3 is 2.18 bits per heavy atom. The molecule has 2 nitrogen and oxygen atoms in total. The number of nitrogens with two attached hydrogens (primary N) is 1. The van der Waals surface area contributed by atoms with Gasteiger partial charge >= 0.3 is 0 Å². The third-order valence-corrected chi connectivity index (χ3v) is 2.39. The zero-order valence-corrected chi connectivity index (χ0v) is 9.31. The van der Waals surface area contributed by atoms with Crippen molar-refractivity contribution in [3.05, 3.63) is 35.0 Å². The lowest BCUT2D eigenvalue weighted by Gasteiger charge is -2.02. The highest BCUT2D eigenvalue weighted by atomic mass is 35.5. The maximum atomic E-state index is 13.4. The summed E-state index contributed by atoms with van der Waals surface area (Å²) in [5, 5.41) is -0.276. The first-order valence-corrected chi connectivity index (χ1v) is 4.60. The molecule has 17 heavy (non-hydrogen) atoms. The number of benzene rings is 1. The van der Waals surface area contributed by atoms with E-state index in [-0.39, 0.29) is 36.3 Å². The third kappa shape index (κ3) is 1.98. The number of H-pyrrole nitrogens is 1. The predicted molar refractivity (Wildman–Crippen MR) is 58.1 cm³/mol. The van der Waals surface area contributed by atoms with Crippen molar-refractivity contribution in [3.8, 4) is 0 Å². The molecule has 2 rings (SSSR count). The molecular formula is C10H9ClF4N2. The number of hydrogen-bond donors (Lipinski definition) is 2. The monoisotopic (exact) mass is 268 g/mol. The molecule has 1 heterocycles. The molecule has 2 aromatic rings. The van der Waals surface area contributed by atoms with Crippen LogP contribution in [0.5, 0.6) is 0 Å². The minimum Gasteiger partial charge on any atom is -0.358 e. The predicted octanol–water partition coefficient (Wildman–Crippen LogP) is 2.65. The quantitative estimate of drug-likeness (QED) is 0.491. The molecule has 1 aromatic heterocycles. The Morgan fingerprint density at radius 1 is 1.00 bits per heavy atom. The van der Waals surface area contributed by atoms with Gasteiger partial charge in [-0.3, -0.25) is 0 Å². The molecule has 0 aliphatic carbocycles. The SMILES string of the molecule is Cl.NCCc1c[nH]c2c(F)c(F)c(F)c(F)c12. The summed E-state index contributed by atoms with van der Waals surface area (Å²) >= 11 is 0. The first-order valence-electron chi connectivity index (χ1n) is 4.60. The zero-order valence-electron chi connectivity index (χ0n) is 8.49. The summed E-state index contributed by atoms with van der Waals surface area (Å²) in [6, 6.07) is 0. The number of nitrogens with one attached hydrogen (secondary N) is 1. The Labute approximate surface area is 100 Å². The van der Waals surface area contributed by atoms with Crippen molar-refractivity contribution in [2.24, 2.45) is 5.73 Å². The van der Waals surface area contributed by atoms with Gasteiger partial charge in [-0.2, -0.15) is 0 Å². The van der Waals surface area contributed by atoms with Crippen LogP contribution in [-0.4, -0.2) is 11.5 Å². The highest BCUT2D eigenvalue weighted by Crippen LogP contribution is 2.28. The molecule has 1 aromatic carbocycles. The van der Waals surface area contributed by atoms with Gasteiger partial charge in [-0.25, -0.2) is 17.6 Å². The van der Waals surface area contributed by atoms with Gasteiger partial charge in [0, 0.05) is 11.6 Å². The van der Waals surface area contributed by atoms with Crippen molar-refractivity contribution in [1.82, 2.24) is 4.98 Å². The number of aromatic nitrogens is 1. The summed E-state index contributed by atoms with van der Waals surface area (Å²) in [5.41, 5.74) is 5.22. The minimum absolute atomic E-state index is 0. The van der Waals surface area contributed by atoms with E-state index < -0.39 is 23.3 Å². The molecule has 0 spiro atoms. The van der Waals surface area contributed by atoms with Crippen molar-refractivity contribution in [2.45, 2.75) is 6.42 Å². The molecule has 0 bridgehead atoms. The smallest absolute Gasteiger partial charge is 0.199 e. The molecule has 0 amide bonds. The molecule has 0 unspecified atom stereocenters. The van der Waals surface area contributed by atoms with Crippen LogP contribution in [0.3, 0.4) is 0 Å². The van der Waals surface area contributed by atoms with E-state index in [1.54, 1.807) is 0 Å². The Bertz CT molecular complexity index is 553. The Balaban J connectivity index is 0.00000144. The van der Waals surface area contributed by atoms with Gasteiger partial charge in [0.15, 0.2) is 23.3 Å². The van der Waals surface area contributed by atoms with E-state index in [4.69, 9.17) is 5.73 Å². The Hall–Kier alpha value is -1.27. The number of rotatable bonds is 2. The number of aromatic amines is 1. The van der Waals surface area contributed by atoms with Crippen molar-refractivity contribution in [1.29, 1.82) is 0 Å². The second-order valence-corrected chi connectivity index (χ2v) is 3.36. The standard InChI is InChI=1S/C10H8F4N2.ClH/c11-6-5-4(1-2-15)3-16-10(5)9(14)8(13)7(6)12;/h3,16H,1-2,15H2;1H. The fourth-order valence-corrected chi connectivity index (χ4v) is 1.65. The third-order valence-electron chi connectivity index (χ3n) is 2.39.